The number of halogens is 2. The van der Waals surface area contributed by atoms with Crippen LogP contribution in [0, 0.1) is 11.6 Å². The highest BCUT2D eigenvalue weighted by Crippen LogP contribution is 2.13. The fraction of sp³-hybridized carbons (Fsp3) is 0.417. The first-order valence-electron chi connectivity index (χ1n) is 5.42. The van der Waals surface area contributed by atoms with Crippen LogP contribution in [-0.4, -0.2) is 18.0 Å². The molecule has 0 heterocycles. The van der Waals surface area contributed by atoms with Crippen LogP contribution in [0.15, 0.2) is 18.2 Å². The molecule has 0 aliphatic carbocycles. The number of carbonyl (C=O) groups excluding carboxylic acids is 1. The maximum absolute atomic E-state index is 12.9. The molecule has 0 aliphatic heterocycles. The second kappa shape index (κ2) is 5.61. The van der Waals surface area contributed by atoms with Gasteiger partial charge in [0.2, 0.25) is 5.91 Å². The minimum atomic E-state index is -0.938. The predicted molar refractivity (Wildman–Crippen MR) is 62.7 cm³/mol. The molecular weight excluding hydrogens is 226 g/mol. The van der Waals surface area contributed by atoms with Crippen molar-refractivity contribution in [1.82, 2.24) is 5.32 Å². The summed E-state index contributed by atoms with van der Waals surface area (Å²) >= 11 is 0. The third-order valence-electron chi connectivity index (χ3n) is 2.13. The zero-order valence-corrected chi connectivity index (χ0v) is 10.1. The number of rotatable bonds is 4. The van der Waals surface area contributed by atoms with E-state index in [-0.39, 0.29) is 11.9 Å². The van der Waals surface area contributed by atoms with Gasteiger partial charge in [0.1, 0.15) is 6.04 Å². The molecule has 1 rings (SSSR count). The predicted octanol–water partition coefficient (Wildman–Crippen LogP) is 2.29. The summed E-state index contributed by atoms with van der Waals surface area (Å²) in [5.74, 6) is -2.04. The summed E-state index contributed by atoms with van der Waals surface area (Å²) in [6, 6.07) is 2.95. The molecule has 0 aromatic heterocycles. The van der Waals surface area contributed by atoms with Gasteiger partial charge in [-0.15, -0.1) is 0 Å². The van der Waals surface area contributed by atoms with Crippen molar-refractivity contribution in [2.24, 2.45) is 0 Å². The third kappa shape index (κ3) is 4.01. The fourth-order valence-electron chi connectivity index (χ4n) is 1.31. The topological polar surface area (TPSA) is 41.1 Å². The van der Waals surface area contributed by atoms with Gasteiger partial charge in [-0.2, -0.15) is 0 Å². The van der Waals surface area contributed by atoms with Gasteiger partial charge in [0.25, 0.3) is 0 Å². The highest BCUT2D eigenvalue weighted by Gasteiger charge is 2.13. The number of anilines is 1. The summed E-state index contributed by atoms with van der Waals surface area (Å²) in [6.07, 6.45) is 0. The molecule has 5 heteroatoms. The van der Waals surface area contributed by atoms with E-state index in [4.69, 9.17) is 0 Å². The van der Waals surface area contributed by atoms with Gasteiger partial charge in [0, 0.05) is 17.8 Å². The monoisotopic (exact) mass is 242 g/mol. The molecule has 0 saturated carbocycles. The number of carbonyl (C=O) groups is 1. The first-order chi connectivity index (χ1) is 7.90. The average Bonchev–Trinajstić information content (AvgIpc) is 2.22. The summed E-state index contributed by atoms with van der Waals surface area (Å²) in [4.78, 5) is 11.6. The van der Waals surface area contributed by atoms with Crippen LogP contribution in [0.25, 0.3) is 0 Å². The van der Waals surface area contributed by atoms with E-state index in [1.165, 1.54) is 6.07 Å². The Morgan fingerprint density at radius 1 is 1.18 bits per heavy atom. The van der Waals surface area contributed by atoms with E-state index in [1.54, 1.807) is 6.92 Å². The van der Waals surface area contributed by atoms with Crippen molar-refractivity contribution in [3.8, 4) is 0 Å². The molecule has 2 N–H and O–H groups in total. The van der Waals surface area contributed by atoms with Gasteiger partial charge in [-0.3, -0.25) is 4.79 Å². The second-order valence-electron chi connectivity index (χ2n) is 4.16. The zero-order chi connectivity index (χ0) is 13.0. The van der Waals surface area contributed by atoms with E-state index < -0.39 is 17.7 Å². The molecule has 3 nitrogen and oxygen atoms in total. The lowest BCUT2D eigenvalue weighted by molar-refractivity contribution is -0.122. The number of amides is 1. The summed E-state index contributed by atoms with van der Waals surface area (Å²) in [7, 11) is 0. The van der Waals surface area contributed by atoms with Gasteiger partial charge in [0.15, 0.2) is 11.6 Å². The van der Waals surface area contributed by atoms with Crippen LogP contribution in [0.1, 0.15) is 20.8 Å². The van der Waals surface area contributed by atoms with Gasteiger partial charge in [-0.25, -0.2) is 8.78 Å². The molecule has 0 fully saturated rings. The van der Waals surface area contributed by atoms with Crippen LogP contribution in [0.3, 0.4) is 0 Å². The van der Waals surface area contributed by atoms with Gasteiger partial charge in [0.05, 0.1) is 0 Å². The summed E-state index contributed by atoms with van der Waals surface area (Å²) in [5.41, 5.74) is 0.371. The van der Waals surface area contributed by atoms with Crippen molar-refractivity contribution in [1.29, 1.82) is 0 Å². The molecule has 1 aromatic carbocycles. The van der Waals surface area contributed by atoms with Crippen molar-refractivity contribution in [2.75, 3.05) is 5.32 Å². The van der Waals surface area contributed by atoms with E-state index in [1.807, 2.05) is 13.8 Å². The summed E-state index contributed by atoms with van der Waals surface area (Å²) in [5, 5.41) is 5.52. The summed E-state index contributed by atoms with van der Waals surface area (Å²) in [6.45, 7) is 5.35. The SMILES string of the molecule is CC(C)NC(=O)C(C)Nc1ccc(F)c(F)c1. The highest BCUT2D eigenvalue weighted by molar-refractivity contribution is 5.84. The van der Waals surface area contributed by atoms with E-state index in [9.17, 15) is 13.6 Å². The maximum Gasteiger partial charge on any atom is 0.242 e. The standard InChI is InChI=1S/C12H16F2N2O/c1-7(2)15-12(17)8(3)16-9-4-5-10(13)11(14)6-9/h4-8,16H,1-3H3,(H,15,17). The van der Waals surface area contributed by atoms with Gasteiger partial charge in [-0.1, -0.05) is 0 Å². The lowest BCUT2D eigenvalue weighted by atomic mass is 10.2. The van der Waals surface area contributed by atoms with Gasteiger partial charge < -0.3 is 10.6 Å². The lowest BCUT2D eigenvalue weighted by Crippen LogP contribution is -2.40. The molecule has 0 saturated heterocycles. The van der Waals surface area contributed by atoms with E-state index in [0.717, 1.165) is 12.1 Å². The molecule has 1 unspecified atom stereocenters. The Kier molecular flexibility index (Phi) is 4.43. The molecular formula is C12H16F2N2O. The first kappa shape index (κ1) is 13.4. The highest BCUT2D eigenvalue weighted by atomic mass is 19.2. The molecule has 94 valence electrons. The Labute approximate surface area is 99.2 Å². The Bertz CT molecular complexity index is 407. The quantitative estimate of drug-likeness (QED) is 0.850. The van der Waals surface area contributed by atoms with E-state index >= 15 is 0 Å². The largest absolute Gasteiger partial charge is 0.374 e. The smallest absolute Gasteiger partial charge is 0.242 e. The zero-order valence-electron chi connectivity index (χ0n) is 10.1. The van der Waals surface area contributed by atoms with Crippen molar-refractivity contribution >= 4 is 11.6 Å². The normalized spacial score (nSPS) is 12.4. The van der Waals surface area contributed by atoms with Crippen molar-refractivity contribution in [3.63, 3.8) is 0 Å². The van der Waals surface area contributed by atoms with Crippen LogP contribution in [0.2, 0.25) is 0 Å². The molecule has 0 aliphatic rings. The van der Waals surface area contributed by atoms with Gasteiger partial charge in [-0.05, 0) is 32.9 Å². The second-order valence-corrected chi connectivity index (χ2v) is 4.16. The van der Waals surface area contributed by atoms with Crippen molar-refractivity contribution < 1.29 is 13.6 Å². The molecule has 17 heavy (non-hydrogen) atoms. The van der Waals surface area contributed by atoms with Crippen LogP contribution in [-0.2, 0) is 4.79 Å². The fourth-order valence-corrected chi connectivity index (χ4v) is 1.31. The van der Waals surface area contributed by atoms with Crippen LogP contribution in [0.4, 0.5) is 14.5 Å². The molecule has 1 amide bonds. The molecule has 0 radical (unpaired) electrons. The van der Waals surface area contributed by atoms with Crippen molar-refractivity contribution in [3.05, 3.63) is 29.8 Å². The Morgan fingerprint density at radius 3 is 2.35 bits per heavy atom. The number of nitrogens with one attached hydrogen (secondary N) is 2. The third-order valence-corrected chi connectivity index (χ3v) is 2.13. The van der Waals surface area contributed by atoms with Crippen LogP contribution >= 0.6 is 0 Å². The molecule has 0 bridgehead atoms. The Hall–Kier alpha value is -1.65. The minimum Gasteiger partial charge on any atom is -0.374 e. The van der Waals surface area contributed by atoms with Crippen LogP contribution < -0.4 is 10.6 Å². The van der Waals surface area contributed by atoms with Gasteiger partial charge >= 0.3 is 0 Å². The molecule has 1 atom stereocenters. The summed E-state index contributed by atoms with van der Waals surface area (Å²) < 4.78 is 25.6. The average molecular weight is 242 g/mol. The number of hydrogen-bond donors (Lipinski definition) is 2. The Morgan fingerprint density at radius 2 is 1.82 bits per heavy atom. The number of hydrogen-bond acceptors (Lipinski definition) is 2. The maximum atomic E-state index is 12.9. The number of benzene rings is 1. The molecule has 1 aromatic rings. The van der Waals surface area contributed by atoms with Crippen LogP contribution in [0.5, 0.6) is 0 Å². The van der Waals surface area contributed by atoms with Crippen molar-refractivity contribution in [2.45, 2.75) is 32.9 Å². The molecule has 0 spiro atoms. The first-order valence-corrected chi connectivity index (χ1v) is 5.42. The van der Waals surface area contributed by atoms with E-state index in [0.29, 0.717) is 5.69 Å². The Balaban J connectivity index is 2.64. The van der Waals surface area contributed by atoms with E-state index in [2.05, 4.69) is 10.6 Å². The lowest BCUT2D eigenvalue weighted by Gasteiger charge is -2.17. The minimum absolute atomic E-state index is 0.0386.